The molecule has 7 heteroatoms. The first-order chi connectivity index (χ1) is 16.0. The molecule has 0 saturated heterocycles. The van der Waals surface area contributed by atoms with Crippen LogP contribution in [0.3, 0.4) is 0 Å². The van der Waals surface area contributed by atoms with Gasteiger partial charge in [-0.15, -0.1) is 0 Å². The van der Waals surface area contributed by atoms with E-state index >= 15 is 0 Å². The number of anilines is 1. The van der Waals surface area contributed by atoms with Crippen LogP contribution in [0, 0.1) is 12.3 Å². The van der Waals surface area contributed by atoms with E-state index in [1.807, 2.05) is 38.1 Å². The summed E-state index contributed by atoms with van der Waals surface area (Å²) in [5.41, 5.74) is 4.78. The van der Waals surface area contributed by atoms with Gasteiger partial charge in [-0.3, -0.25) is 9.59 Å². The highest BCUT2D eigenvalue weighted by atomic mass is 79.9. The quantitative estimate of drug-likeness (QED) is 0.476. The van der Waals surface area contributed by atoms with Gasteiger partial charge in [-0.1, -0.05) is 32.0 Å². The number of benzene rings is 2. The largest absolute Gasteiger partial charge is 0.503 e. The first-order valence-corrected chi connectivity index (χ1v) is 12.0. The summed E-state index contributed by atoms with van der Waals surface area (Å²) < 4.78 is 5.81. The lowest BCUT2D eigenvalue weighted by Gasteiger charge is -2.39. The number of dihydropyridines is 1. The number of hydrogen-bond acceptors (Lipinski definition) is 5. The number of Topliss-reactive ketones (excluding diaryl/α,β-unsaturated/α-hetero) is 1. The average molecular weight is 525 g/mol. The summed E-state index contributed by atoms with van der Waals surface area (Å²) in [6, 6.07) is 11.0. The summed E-state index contributed by atoms with van der Waals surface area (Å²) in [6.07, 6.45) is 1.09. The number of phenols is 1. The number of methoxy groups -OCH3 is 1. The number of allylic oxidation sites excluding steroid dienone is 3. The van der Waals surface area contributed by atoms with Gasteiger partial charge in [0.2, 0.25) is 0 Å². The third kappa shape index (κ3) is 4.37. The zero-order valence-electron chi connectivity index (χ0n) is 20.0. The minimum Gasteiger partial charge on any atom is -0.503 e. The normalized spacial score (nSPS) is 19.5. The molecule has 178 valence electrons. The van der Waals surface area contributed by atoms with Gasteiger partial charge in [-0.2, -0.15) is 0 Å². The van der Waals surface area contributed by atoms with Crippen molar-refractivity contribution in [3.05, 3.63) is 74.5 Å². The van der Waals surface area contributed by atoms with Crippen molar-refractivity contribution in [3.63, 3.8) is 0 Å². The van der Waals surface area contributed by atoms with Gasteiger partial charge in [0.25, 0.3) is 5.91 Å². The highest BCUT2D eigenvalue weighted by Crippen LogP contribution is 2.49. The van der Waals surface area contributed by atoms with Crippen LogP contribution in [0.15, 0.2) is 63.4 Å². The molecule has 0 spiro atoms. The van der Waals surface area contributed by atoms with Crippen LogP contribution in [-0.2, 0) is 9.59 Å². The molecule has 0 bridgehead atoms. The van der Waals surface area contributed by atoms with Gasteiger partial charge in [-0.05, 0) is 70.9 Å². The number of carbonyl (C=O) groups is 2. The number of ketones is 1. The van der Waals surface area contributed by atoms with Gasteiger partial charge in [0.15, 0.2) is 17.3 Å². The number of halogens is 1. The maximum Gasteiger partial charge on any atom is 0.254 e. The predicted octanol–water partition coefficient (Wildman–Crippen LogP) is 5.71. The van der Waals surface area contributed by atoms with Crippen molar-refractivity contribution in [1.82, 2.24) is 5.32 Å². The van der Waals surface area contributed by atoms with Gasteiger partial charge in [0, 0.05) is 40.6 Å². The second kappa shape index (κ2) is 8.95. The lowest BCUT2D eigenvalue weighted by Crippen LogP contribution is -2.39. The molecule has 0 aromatic heterocycles. The number of ether oxygens (including phenoxy) is 1. The molecule has 6 nitrogen and oxygen atoms in total. The SMILES string of the molecule is COc1cc([C@@H]2C(C(=O)Nc3ccccc3C)=C(C)NC3=C2C(=O)CC(C)(C)C3)cc(Br)c1O. The van der Waals surface area contributed by atoms with E-state index in [1.165, 1.54) is 7.11 Å². The molecule has 0 fully saturated rings. The molecular formula is C27H29BrN2O4. The lowest BCUT2D eigenvalue weighted by molar-refractivity contribution is -0.118. The van der Waals surface area contributed by atoms with Crippen LogP contribution >= 0.6 is 15.9 Å². The number of aryl methyl sites for hydroxylation is 1. The molecule has 0 unspecified atom stereocenters. The number of hydrogen-bond donors (Lipinski definition) is 3. The van der Waals surface area contributed by atoms with Crippen molar-refractivity contribution in [1.29, 1.82) is 0 Å². The van der Waals surface area contributed by atoms with Crippen molar-refractivity contribution in [2.45, 2.75) is 46.5 Å². The van der Waals surface area contributed by atoms with E-state index in [-0.39, 0.29) is 28.6 Å². The van der Waals surface area contributed by atoms with E-state index in [2.05, 4.69) is 40.4 Å². The van der Waals surface area contributed by atoms with Crippen molar-refractivity contribution in [2.24, 2.45) is 5.41 Å². The third-order valence-electron chi connectivity index (χ3n) is 6.48. The summed E-state index contributed by atoms with van der Waals surface area (Å²) >= 11 is 3.40. The zero-order valence-corrected chi connectivity index (χ0v) is 21.6. The molecule has 1 aliphatic carbocycles. The zero-order chi connectivity index (χ0) is 24.8. The fourth-order valence-electron chi connectivity index (χ4n) is 4.89. The van der Waals surface area contributed by atoms with Gasteiger partial charge < -0.3 is 20.5 Å². The summed E-state index contributed by atoms with van der Waals surface area (Å²) in [6.45, 7) is 7.95. The van der Waals surface area contributed by atoms with Crippen LogP contribution in [0.5, 0.6) is 11.5 Å². The Kier molecular flexibility index (Phi) is 6.34. The number of rotatable bonds is 4. The Bertz CT molecular complexity index is 1260. The standard InChI is InChI=1S/C27H29BrN2O4/c1-14-8-6-7-9-18(14)30-26(33)22-15(2)29-19-12-27(3,4)13-20(31)24(19)23(22)16-10-17(28)25(32)21(11-16)34-5/h6-11,23,29,32H,12-13H2,1-5H3,(H,30,33)/t23-/m1/s1. The average Bonchev–Trinajstić information content (AvgIpc) is 2.75. The van der Waals surface area contributed by atoms with E-state index < -0.39 is 5.92 Å². The van der Waals surface area contributed by atoms with E-state index in [4.69, 9.17) is 4.74 Å². The smallest absolute Gasteiger partial charge is 0.254 e. The van der Waals surface area contributed by atoms with Crippen LogP contribution in [-0.4, -0.2) is 23.9 Å². The fraction of sp³-hybridized carbons (Fsp3) is 0.333. The molecule has 1 heterocycles. The van der Waals surface area contributed by atoms with Gasteiger partial charge in [0.05, 0.1) is 11.6 Å². The number of nitrogens with one attached hydrogen (secondary N) is 2. The fourth-order valence-corrected chi connectivity index (χ4v) is 5.35. The van der Waals surface area contributed by atoms with Crippen molar-refractivity contribution in [3.8, 4) is 11.5 Å². The second-order valence-corrected chi connectivity index (χ2v) is 10.6. The van der Waals surface area contributed by atoms with E-state index in [9.17, 15) is 14.7 Å². The van der Waals surface area contributed by atoms with E-state index in [0.29, 0.717) is 45.4 Å². The number of phenolic OH excluding ortho intramolecular Hbond substituents is 1. The molecule has 1 amide bonds. The van der Waals surface area contributed by atoms with E-state index in [1.54, 1.807) is 12.1 Å². The molecule has 1 aliphatic heterocycles. The van der Waals surface area contributed by atoms with Gasteiger partial charge in [-0.25, -0.2) is 0 Å². The first kappa shape index (κ1) is 24.1. The molecule has 0 radical (unpaired) electrons. The van der Waals surface area contributed by atoms with Gasteiger partial charge >= 0.3 is 0 Å². The number of aromatic hydroxyl groups is 1. The lowest BCUT2D eigenvalue weighted by atomic mass is 9.68. The number of carbonyl (C=O) groups excluding carboxylic acids is 2. The van der Waals surface area contributed by atoms with Crippen molar-refractivity contribution < 1.29 is 19.4 Å². The molecule has 3 N–H and O–H groups in total. The van der Waals surface area contributed by atoms with Crippen LogP contribution in [0.2, 0.25) is 0 Å². The van der Waals surface area contributed by atoms with E-state index in [0.717, 1.165) is 11.3 Å². The second-order valence-electron chi connectivity index (χ2n) is 9.75. The Morgan fingerprint density at radius 2 is 1.91 bits per heavy atom. The Morgan fingerprint density at radius 1 is 1.21 bits per heavy atom. The van der Waals surface area contributed by atoms with Crippen molar-refractivity contribution in [2.75, 3.05) is 12.4 Å². The maximum atomic E-state index is 13.7. The van der Waals surface area contributed by atoms with Crippen molar-refractivity contribution >= 4 is 33.3 Å². The van der Waals surface area contributed by atoms with Gasteiger partial charge in [0.1, 0.15) is 0 Å². The molecule has 2 aromatic carbocycles. The summed E-state index contributed by atoms with van der Waals surface area (Å²) in [7, 11) is 1.47. The minimum absolute atomic E-state index is 0.0144. The summed E-state index contributed by atoms with van der Waals surface area (Å²) in [5.74, 6) is -0.631. The number of amides is 1. The Balaban J connectivity index is 1.88. The predicted molar refractivity (Wildman–Crippen MR) is 136 cm³/mol. The molecule has 34 heavy (non-hydrogen) atoms. The molecule has 2 aromatic rings. The molecule has 4 rings (SSSR count). The van der Waals surface area contributed by atoms with Crippen LogP contribution in [0.1, 0.15) is 50.7 Å². The third-order valence-corrected chi connectivity index (χ3v) is 7.09. The maximum absolute atomic E-state index is 13.7. The molecule has 1 atom stereocenters. The summed E-state index contributed by atoms with van der Waals surface area (Å²) in [4.78, 5) is 27.2. The highest BCUT2D eigenvalue weighted by molar-refractivity contribution is 9.10. The highest BCUT2D eigenvalue weighted by Gasteiger charge is 2.43. The Morgan fingerprint density at radius 3 is 2.59 bits per heavy atom. The van der Waals surface area contributed by atoms with Crippen LogP contribution < -0.4 is 15.4 Å². The first-order valence-electron chi connectivity index (χ1n) is 11.2. The Labute approximate surface area is 208 Å². The van der Waals surface area contributed by atoms with Crippen LogP contribution in [0.25, 0.3) is 0 Å². The number of para-hydroxylation sites is 1. The van der Waals surface area contributed by atoms with Crippen LogP contribution in [0.4, 0.5) is 5.69 Å². The summed E-state index contributed by atoms with van der Waals surface area (Å²) in [5, 5.41) is 16.8. The molecule has 0 saturated carbocycles. The topological polar surface area (TPSA) is 87.7 Å². The molecular weight excluding hydrogens is 496 g/mol. The Hall–Kier alpha value is -3.06. The molecule has 2 aliphatic rings. The minimum atomic E-state index is -0.602. The monoisotopic (exact) mass is 524 g/mol.